The third kappa shape index (κ3) is 4.22. The van der Waals surface area contributed by atoms with Gasteiger partial charge in [0.1, 0.15) is 0 Å². The van der Waals surface area contributed by atoms with Crippen LogP contribution >= 0.6 is 0 Å². The smallest absolute Gasteiger partial charge is 0.225 e. The first-order chi connectivity index (χ1) is 11.2. The van der Waals surface area contributed by atoms with E-state index in [0.29, 0.717) is 6.04 Å². The molecule has 0 spiro atoms. The molecular weight excluding hydrogens is 288 g/mol. The van der Waals surface area contributed by atoms with Gasteiger partial charge in [-0.15, -0.1) is 0 Å². The minimum absolute atomic E-state index is 0.380. The van der Waals surface area contributed by atoms with E-state index in [0.717, 1.165) is 43.3 Å². The van der Waals surface area contributed by atoms with Crippen molar-refractivity contribution in [3.63, 3.8) is 0 Å². The standard InChI is InChI=1S/C17H24N6/c1-14(9-16-12-18-5-6-19-16)22(2)13-15-10-20-17(21-11-15)23-7-3-4-8-23/h5-6,10-12,14H,3-4,7-9,13H2,1-2H3. The highest BCUT2D eigenvalue weighted by atomic mass is 15.3. The summed E-state index contributed by atoms with van der Waals surface area (Å²) in [5.74, 6) is 0.863. The van der Waals surface area contributed by atoms with Crippen LogP contribution < -0.4 is 4.90 Å². The maximum Gasteiger partial charge on any atom is 0.225 e. The number of hydrogen-bond acceptors (Lipinski definition) is 6. The highest BCUT2D eigenvalue weighted by molar-refractivity contribution is 5.30. The van der Waals surface area contributed by atoms with Crippen LogP contribution in [0, 0.1) is 0 Å². The molecule has 1 unspecified atom stereocenters. The first kappa shape index (κ1) is 15.8. The molecule has 0 amide bonds. The molecule has 6 nitrogen and oxygen atoms in total. The van der Waals surface area contributed by atoms with Crippen LogP contribution in [0.5, 0.6) is 0 Å². The highest BCUT2D eigenvalue weighted by Gasteiger charge is 2.15. The Morgan fingerprint density at radius 1 is 1.09 bits per heavy atom. The van der Waals surface area contributed by atoms with Gasteiger partial charge in [0.15, 0.2) is 0 Å². The zero-order valence-corrected chi connectivity index (χ0v) is 13.9. The van der Waals surface area contributed by atoms with E-state index in [4.69, 9.17) is 0 Å². The van der Waals surface area contributed by atoms with Crippen molar-refractivity contribution in [3.05, 3.63) is 42.2 Å². The molecule has 0 bridgehead atoms. The van der Waals surface area contributed by atoms with Gasteiger partial charge in [0.25, 0.3) is 0 Å². The SMILES string of the molecule is CC(Cc1cnccn1)N(C)Cc1cnc(N2CCCC2)nc1. The van der Waals surface area contributed by atoms with Gasteiger partial charge < -0.3 is 4.90 Å². The van der Waals surface area contributed by atoms with E-state index in [1.807, 2.05) is 18.6 Å². The van der Waals surface area contributed by atoms with Crippen molar-refractivity contribution in [2.75, 3.05) is 25.0 Å². The second-order valence-electron chi connectivity index (χ2n) is 6.25. The Morgan fingerprint density at radius 3 is 2.48 bits per heavy atom. The average Bonchev–Trinajstić information content (AvgIpc) is 3.11. The van der Waals surface area contributed by atoms with E-state index < -0.39 is 0 Å². The van der Waals surface area contributed by atoms with E-state index in [1.165, 1.54) is 12.8 Å². The molecule has 122 valence electrons. The fourth-order valence-electron chi connectivity index (χ4n) is 2.85. The molecule has 1 fully saturated rings. The Hall–Kier alpha value is -2.08. The summed E-state index contributed by atoms with van der Waals surface area (Å²) in [6.07, 6.45) is 12.6. The third-order valence-corrected chi connectivity index (χ3v) is 4.39. The van der Waals surface area contributed by atoms with E-state index in [9.17, 15) is 0 Å². The van der Waals surface area contributed by atoms with Gasteiger partial charge in [-0.25, -0.2) is 9.97 Å². The molecule has 23 heavy (non-hydrogen) atoms. The predicted molar refractivity (Wildman–Crippen MR) is 90.1 cm³/mol. The van der Waals surface area contributed by atoms with Crippen LogP contribution in [0.4, 0.5) is 5.95 Å². The van der Waals surface area contributed by atoms with E-state index in [1.54, 1.807) is 12.4 Å². The van der Waals surface area contributed by atoms with Crippen LogP contribution in [0.15, 0.2) is 31.0 Å². The van der Waals surface area contributed by atoms with Gasteiger partial charge in [-0.1, -0.05) is 0 Å². The Morgan fingerprint density at radius 2 is 1.83 bits per heavy atom. The highest BCUT2D eigenvalue weighted by Crippen LogP contribution is 2.15. The minimum atomic E-state index is 0.380. The van der Waals surface area contributed by atoms with Gasteiger partial charge in [-0.05, 0) is 26.8 Å². The van der Waals surface area contributed by atoms with Crippen LogP contribution in [0.2, 0.25) is 0 Å². The summed E-state index contributed by atoms with van der Waals surface area (Å²) in [6.45, 7) is 5.19. The van der Waals surface area contributed by atoms with Crippen molar-refractivity contribution in [2.45, 2.75) is 38.8 Å². The van der Waals surface area contributed by atoms with Crippen LogP contribution in [-0.4, -0.2) is 51.0 Å². The molecule has 2 aromatic rings. The summed E-state index contributed by atoms with van der Waals surface area (Å²) in [4.78, 5) is 22.1. The Labute approximate surface area is 137 Å². The predicted octanol–water partition coefficient (Wildman–Crippen LogP) is 1.93. The number of aromatic nitrogens is 4. The first-order valence-electron chi connectivity index (χ1n) is 8.23. The largest absolute Gasteiger partial charge is 0.341 e. The van der Waals surface area contributed by atoms with Crippen molar-refractivity contribution in [1.82, 2.24) is 24.8 Å². The molecule has 1 saturated heterocycles. The number of hydrogen-bond donors (Lipinski definition) is 0. The van der Waals surface area contributed by atoms with E-state index in [-0.39, 0.29) is 0 Å². The summed E-state index contributed by atoms with van der Waals surface area (Å²) in [5.41, 5.74) is 2.16. The monoisotopic (exact) mass is 312 g/mol. The maximum absolute atomic E-state index is 4.52. The quantitative estimate of drug-likeness (QED) is 0.812. The molecule has 2 aromatic heterocycles. The number of rotatable bonds is 6. The number of likely N-dealkylation sites (N-methyl/N-ethyl adjacent to an activating group) is 1. The second-order valence-corrected chi connectivity index (χ2v) is 6.25. The maximum atomic E-state index is 4.52. The van der Waals surface area contributed by atoms with Gasteiger partial charge >= 0.3 is 0 Å². The second kappa shape index (κ2) is 7.46. The van der Waals surface area contributed by atoms with Gasteiger partial charge in [-0.3, -0.25) is 14.9 Å². The fourth-order valence-corrected chi connectivity index (χ4v) is 2.85. The molecular formula is C17H24N6. The molecule has 0 radical (unpaired) electrons. The molecule has 0 aliphatic carbocycles. The van der Waals surface area contributed by atoms with Gasteiger partial charge in [0.05, 0.1) is 5.69 Å². The molecule has 3 rings (SSSR count). The summed E-state index contributed by atoms with van der Waals surface area (Å²) in [7, 11) is 2.12. The molecule has 3 heterocycles. The van der Waals surface area contributed by atoms with Gasteiger partial charge in [0, 0.05) is 68.6 Å². The lowest BCUT2D eigenvalue weighted by Crippen LogP contribution is -2.31. The summed E-state index contributed by atoms with van der Waals surface area (Å²) in [5, 5.41) is 0. The fraction of sp³-hybridized carbons (Fsp3) is 0.529. The molecule has 6 heteroatoms. The van der Waals surface area contributed by atoms with Crippen molar-refractivity contribution < 1.29 is 0 Å². The van der Waals surface area contributed by atoms with E-state index >= 15 is 0 Å². The normalized spacial score (nSPS) is 16.0. The van der Waals surface area contributed by atoms with E-state index in [2.05, 4.69) is 43.7 Å². The Bertz CT molecular complexity index is 594. The molecule has 0 N–H and O–H groups in total. The average molecular weight is 312 g/mol. The van der Waals surface area contributed by atoms with Gasteiger partial charge in [-0.2, -0.15) is 0 Å². The van der Waals surface area contributed by atoms with Crippen LogP contribution in [0.1, 0.15) is 31.0 Å². The minimum Gasteiger partial charge on any atom is -0.341 e. The topological polar surface area (TPSA) is 58.0 Å². The lowest BCUT2D eigenvalue weighted by atomic mass is 10.1. The Kier molecular flexibility index (Phi) is 5.12. The van der Waals surface area contributed by atoms with Crippen molar-refractivity contribution in [2.24, 2.45) is 0 Å². The van der Waals surface area contributed by atoms with Crippen molar-refractivity contribution in [3.8, 4) is 0 Å². The van der Waals surface area contributed by atoms with Gasteiger partial charge in [0.2, 0.25) is 5.95 Å². The zero-order chi connectivity index (χ0) is 16.1. The van der Waals surface area contributed by atoms with Crippen LogP contribution in [-0.2, 0) is 13.0 Å². The lowest BCUT2D eigenvalue weighted by molar-refractivity contribution is 0.246. The molecule has 0 saturated carbocycles. The Balaban J connectivity index is 1.55. The first-order valence-corrected chi connectivity index (χ1v) is 8.23. The number of anilines is 1. The lowest BCUT2D eigenvalue weighted by Gasteiger charge is -2.24. The van der Waals surface area contributed by atoms with Crippen LogP contribution in [0.3, 0.4) is 0 Å². The van der Waals surface area contributed by atoms with Crippen molar-refractivity contribution in [1.29, 1.82) is 0 Å². The number of nitrogens with zero attached hydrogens (tertiary/aromatic N) is 6. The summed E-state index contributed by atoms with van der Waals surface area (Å²) >= 11 is 0. The molecule has 1 aliphatic rings. The molecule has 1 atom stereocenters. The molecule has 1 aliphatic heterocycles. The zero-order valence-electron chi connectivity index (χ0n) is 13.9. The summed E-state index contributed by atoms with van der Waals surface area (Å²) < 4.78 is 0. The third-order valence-electron chi connectivity index (χ3n) is 4.39. The van der Waals surface area contributed by atoms with Crippen LogP contribution in [0.25, 0.3) is 0 Å². The summed E-state index contributed by atoms with van der Waals surface area (Å²) in [6, 6.07) is 0.380. The molecule has 0 aromatic carbocycles. The van der Waals surface area contributed by atoms with Crippen molar-refractivity contribution >= 4 is 5.95 Å².